The third kappa shape index (κ3) is 4.78. The van der Waals surface area contributed by atoms with Crippen molar-refractivity contribution in [2.45, 2.75) is 46.1 Å². The van der Waals surface area contributed by atoms with Gasteiger partial charge in [0.25, 0.3) is 0 Å². The first kappa shape index (κ1) is 24.1. The number of anilines is 2. The number of halogens is 1. The number of aromatic nitrogens is 3. The number of amides is 1. The number of nitrogens with one attached hydrogen (secondary N) is 1. The number of benzene rings is 1. The second-order valence-electron chi connectivity index (χ2n) is 9.83. The predicted octanol–water partition coefficient (Wildman–Crippen LogP) is 4.43. The minimum Gasteiger partial charge on any atom is -0.493 e. The summed E-state index contributed by atoms with van der Waals surface area (Å²) in [6.45, 7) is 13.1. The molecule has 2 N–H and O–H groups in total. The van der Waals surface area contributed by atoms with Crippen LogP contribution >= 0.6 is 11.6 Å². The largest absolute Gasteiger partial charge is 0.493 e. The summed E-state index contributed by atoms with van der Waals surface area (Å²) in [7, 11) is 0. The van der Waals surface area contributed by atoms with Crippen LogP contribution in [0.5, 0.6) is 5.88 Å². The first-order chi connectivity index (χ1) is 16.1. The van der Waals surface area contributed by atoms with E-state index in [-0.39, 0.29) is 23.2 Å². The molecule has 4 rings (SSSR count). The molecule has 0 radical (unpaired) electrons. The molecule has 9 heteroatoms. The molecule has 0 bridgehead atoms. The highest BCUT2D eigenvalue weighted by atomic mass is 35.5. The minimum absolute atomic E-state index is 0.0782. The van der Waals surface area contributed by atoms with Gasteiger partial charge in [-0.1, -0.05) is 37.6 Å². The smallest absolute Gasteiger partial charge is 0.228 e. The van der Waals surface area contributed by atoms with Gasteiger partial charge in [0.15, 0.2) is 0 Å². The lowest BCUT2D eigenvalue weighted by molar-refractivity contribution is -0.129. The van der Waals surface area contributed by atoms with Crippen molar-refractivity contribution in [3.05, 3.63) is 41.0 Å². The fraction of sp³-hybridized carbons (Fsp3) is 0.480. The van der Waals surface area contributed by atoms with E-state index in [2.05, 4.69) is 24.1 Å². The Kier molecular flexibility index (Phi) is 6.62. The van der Waals surface area contributed by atoms with E-state index in [9.17, 15) is 9.90 Å². The molecule has 1 saturated heterocycles. The maximum Gasteiger partial charge on any atom is 0.228 e. The van der Waals surface area contributed by atoms with Crippen molar-refractivity contribution in [2.24, 2.45) is 0 Å². The molecule has 3 aromatic rings. The van der Waals surface area contributed by atoms with Crippen LogP contribution < -0.4 is 10.2 Å². The number of hydrogen-bond donors (Lipinski definition) is 2. The van der Waals surface area contributed by atoms with Crippen molar-refractivity contribution >= 4 is 40.2 Å². The lowest BCUT2D eigenvalue weighted by Crippen LogP contribution is -2.48. The summed E-state index contributed by atoms with van der Waals surface area (Å²) in [5.74, 6) is 1.45. The highest BCUT2D eigenvalue weighted by molar-refractivity contribution is 6.30. The van der Waals surface area contributed by atoms with Crippen molar-refractivity contribution < 1.29 is 9.90 Å². The van der Waals surface area contributed by atoms with E-state index >= 15 is 0 Å². The molecule has 182 valence electrons. The molecule has 1 aliphatic rings. The Hall–Kier alpha value is -3.00. The van der Waals surface area contributed by atoms with Crippen LogP contribution in [0.4, 0.5) is 11.8 Å². The van der Waals surface area contributed by atoms with Gasteiger partial charge in [-0.3, -0.25) is 4.79 Å². The van der Waals surface area contributed by atoms with E-state index in [1.165, 1.54) is 0 Å². The van der Waals surface area contributed by atoms with Gasteiger partial charge in [0.1, 0.15) is 11.3 Å². The van der Waals surface area contributed by atoms with Gasteiger partial charge in [-0.15, -0.1) is 0 Å². The van der Waals surface area contributed by atoms with Crippen LogP contribution in [0, 0.1) is 0 Å². The third-order valence-corrected chi connectivity index (χ3v) is 6.80. The topological polar surface area (TPSA) is 86.5 Å². The second kappa shape index (κ2) is 9.33. The summed E-state index contributed by atoms with van der Waals surface area (Å²) in [5, 5.41) is 15.9. The molecular formula is C25H33ClN6O2. The number of aromatic hydroxyl groups is 1. The van der Waals surface area contributed by atoms with Gasteiger partial charge in [0, 0.05) is 62.3 Å². The van der Waals surface area contributed by atoms with Gasteiger partial charge in [-0.2, -0.15) is 4.98 Å². The molecule has 1 amide bonds. The van der Waals surface area contributed by atoms with Crippen LogP contribution in [-0.4, -0.2) is 63.2 Å². The van der Waals surface area contributed by atoms with Crippen molar-refractivity contribution in [3.8, 4) is 5.88 Å². The zero-order chi connectivity index (χ0) is 24.6. The maximum absolute atomic E-state index is 11.7. The number of carbonyl (C=O) groups excluding carboxylic acids is 1. The van der Waals surface area contributed by atoms with Gasteiger partial charge >= 0.3 is 0 Å². The fourth-order valence-corrected chi connectivity index (χ4v) is 4.40. The Bertz CT molecular complexity index is 1180. The molecule has 1 aromatic carbocycles. The van der Waals surface area contributed by atoms with E-state index in [1.54, 1.807) is 6.92 Å². The summed E-state index contributed by atoms with van der Waals surface area (Å²) < 4.78 is 1.81. The lowest BCUT2D eigenvalue weighted by atomic mass is 9.84. The molecule has 34 heavy (non-hydrogen) atoms. The Morgan fingerprint density at radius 2 is 1.79 bits per heavy atom. The standard InChI is InChI=1S/C25H33ClN6O2/c1-16(2)32-14-20-21(23(32)34)28-24(31-12-10-30(11-13-31)17(3)33)29-22(20)27-15-25(4,5)18-6-8-19(26)9-7-18/h6-9,14,16,34H,10-13,15H2,1-5H3,(H,27,28,29). The molecule has 2 aromatic heterocycles. The Labute approximate surface area is 205 Å². The van der Waals surface area contributed by atoms with Gasteiger partial charge in [-0.05, 0) is 31.5 Å². The van der Waals surface area contributed by atoms with Crippen LogP contribution in [0.25, 0.3) is 10.9 Å². The van der Waals surface area contributed by atoms with Crippen LogP contribution in [-0.2, 0) is 10.2 Å². The number of rotatable bonds is 6. The van der Waals surface area contributed by atoms with Crippen molar-refractivity contribution in [3.63, 3.8) is 0 Å². The molecule has 0 aliphatic carbocycles. The van der Waals surface area contributed by atoms with Gasteiger partial charge in [0.05, 0.1) is 5.39 Å². The van der Waals surface area contributed by atoms with Gasteiger partial charge in [0.2, 0.25) is 17.7 Å². The second-order valence-corrected chi connectivity index (χ2v) is 10.3. The highest BCUT2D eigenvalue weighted by Gasteiger charge is 2.26. The number of carbonyl (C=O) groups is 1. The quantitative estimate of drug-likeness (QED) is 0.538. The SMILES string of the molecule is CC(=O)N1CCN(c2nc(NCC(C)(C)c3ccc(Cl)cc3)c3cn(C(C)C)c(O)c3n2)CC1. The number of piperazine rings is 1. The van der Waals surface area contributed by atoms with Crippen molar-refractivity contribution in [1.82, 2.24) is 19.4 Å². The average Bonchev–Trinajstić information content (AvgIpc) is 3.15. The van der Waals surface area contributed by atoms with E-state index in [4.69, 9.17) is 21.6 Å². The summed E-state index contributed by atoms with van der Waals surface area (Å²) in [5.41, 5.74) is 1.51. The first-order valence-corrected chi connectivity index (χ1v) is 12.1. The molecule has 0 atom stereocenters. The summed E-state index contributed by atoms with van der Waals surface area (Å²) in [4.78, 5) is 25.2. The number of nitrogens with zero attached hydrogens (tertiary/aromatic N) is 5. The molecule has 8 nitrogen and oxygen atoms in total. The summed E-state index contributed by atoms with van der Waals surface area (Å²) in [6.07, 6.45) is 1.91. The summed E-state index contributed by atoms with van der Waals surface area (Å²) in [6, 6.07) is 7.97. The first-order valence-electron chi connectivity index (χ1n) is 11.7. The van der Waals surface area contributed by atoms with Crippen LogP contribution in [0.3, 0.4) is 0 Å². The maximum atomic E-state index is 11.7. The zero-order valence-electron chi connectivity index (χ0n) is 20.5. The highest BCUT2D eigenvalue weighted by Crippen LogP contribution is 2.35. The monoisotopic (exact) mass is 484 g/mol. The van der Waals surface area contributed by atoms with Crippen molar-refractivity contribution in [2.75, 3.05) is 42.9 Å². The number of hydrogen-bond acceptors (Lipinski definition) is 6. The normalized spacial score (nSPS) is 14.8. The average molecular weight is 485 g/mol. The fourth-order valence-electron chi connectivity index (χ4n) is 4.27. The molecule has 0 spiro atoms. The molecule has 1 fully saturated rings. The Morgan fingerprint density at radius 1 is 1.15 bits per heavy atom. The molecule has 3 heterocycles. The minimum atomic E-state index is -0.183. The summed E-state index contributed by atoms with van der Waals surface area (Å²) >= 11 is 6.08. The van der Waals surface area contributed by atoms with Crippen molar-refractivity contribution in [1.29, 1.82) is 0 Å². The lowest BCUT2D eigenvalue weighted by Gasteiger charge is -2.34. The van der Waals surface area contributed by atoms with Gasteiger partial charge < -0.3 is 24.8 Å². The molecule has 0 saturated carbocycles. The van der Waals surface area contributed by atoms with Gasteiger partial charge in [-0.25, -0.2) is 4.98 Å². The van der Waals surface area contributed by atoms with Crippen LogP contribution in [0.15, 0.2) is 30.5 Å². The molecular weight excluding hydrogens is 452 g/mol. The number of fused-ring (bicyclic) bond motifs is 1. The zero-order valence-corrected chi connectivity index (χ0v) is 21.2. The molecule has 0 unspecified atom stereocenters. The van der Waals surface area contributed by atoms with Crippen LogP contribution in [0.1, 0.15) is 46.2 Å². The van der Waals surface area contributed by atoms with E-state index in [0.717, 1.165) is 10.9 Å². The van der Waals surface area contributed by atoms with E-state index in [1.807, 2.05) is 53.8 Å². The van der Waals surface area contributed by atoms with E-state index < -0.39 is 0 Å². The predicted molar refractivity (Wildman–Crippen MR) is 137 cm³/mol. The van der Waals surface area contributed by atoms with Crippen LogP contribution in [0.2, 0.25) is 5.02 Å². The Morgan fingerprint density at radius 3 is 2.38 bits per heavy atom. The van der Waals surface area contributed by atoms with E-state index in [0.29, 0.717) is 55.0 Å². The third-order valence-electron chi connectivity index (χ3n) is 6.55. The Balaban J connectivity index is 1.67. The molecule has 1 aliphatic heterocycles.